The SMILES string of the molecule is O=CCO[C@H]1O[C@H](CO)[C@@H](O)[C@H](O)[C@@H]1O. The van der Waals surface area contributed by atoms with Crippen LogP contribution in [0.5, 0.6) is 0 Å². The predicted molar refractivity (Wildman–Crippen MR) is 45.8 cm³/mol. The average Bonchev–Trinajstić information content (AvgIpc) is 2.25. The van der Waals surface area contributed by atoms with Crippen molar-refractivity contribution in [1.82, 2.24) is 0 Å². The van der Waals surface area contributed by atoms with Crippen molar-refractivity contribution < 1.29 is 34.7 Å². The molecule has 0 aromatic heterocycles. The molecule has 15 heavy (non-hydrogen) atoms. The van der Waals surface area contributed by atoms with Crippen LogP contribution in [0.15, 0.2) is 0 Å². The lowest BCUT2D eigenvalue weighted by atomic mass is 9.99. The number of rotatable bonds is 4. The maximum atomic E-state index is 10.0. The summed E-state index contributed by atoms with van der Waals surface area (Å²) in [6.07, 6.45) is -6.14. The van der Waals surface area contributed by atoms with Gasteiger partial charge in [0.1, 0.15) is 37.3 Å². The zero-order valence-corrected chi connectivity index (χ0v) is 7.89. The highest BCUT2D eigenvalue weighted by atomic mass is 16.7. The van der Waals surface area contributed by atoms with Gasteiger partial charge in [0.05, 0.1) is 6.61 Å². The van der Waals surface area contributed by atoms with Crippen LogP contribution in [0.2, 0.25) is 0 Å². The Kier molecular flexibility index (Phi) is 4.58. The molecule has 0 spiro atoms. The fourth-order valence-electron chi connectivity index (χ4n) is 1.34. The molecule has 0 unspecified atom stereocenters. The molecular weight excluding hydrogens is 208 g/mol. The van der Waals surface area contributed by atoms with E-state index in [1.54, 1.807) is 0 Å². The van der Waals surface area contributed by atoms with Gasteiger partial charge in [0.2, 0.25) is 0 Å². The molecule has 1 aliphatic rings. The summed E-state index contributed by atoms with van der Waals surface area (Å²) in [5, 5.41) is 36.9. The van der Waals surface area contributed by atoms with Crippen molar-refractivity contribution in [3.63, 3.8) is 0 Å². The number of carbonyl (C=O) groups is 1. The van der Waals surface area contributed by atoms with E-state index in [1.807, 2.05) is 0 Å². The number of hydrogen-bond donors (Lipinski definition) is 4. The summed E-state index contributed by atoms with van der Waals surface area (Å²) in [7, 11) is 0. The first kappa shape index (κ1) is 12.5. The molecule has 0 aromatic rings. The van der Waals surface area contributed by atoms with Crippen molar-refractivity contribution >= 4 is 6.29 Å². The summed E-state index contributed by atoms with van der Waals surface area (Å²) in [4.78, 5) is 10.0. The van der Waals surface area contributed by atoms with Crippen LogP contribution < -0.4 is 0 Å². The molecule has 1 rings (SSSR count). The third-order valence-corrected chi connectivity index (χ3v) is 2.18. The first-order chi connectivity index (χ1) is 7.11. The Morgan fingerprint density at radius 1 is 1.20 bits per heavy atom. The standard InChI is InChI=1S/C8H14O7/c9-1-2-14-8-7(13)6(12)5(11)4(3-10)15-8/h1,4-8,10-13H,2-3H2/t4-,5-,6+,7+,8+/m1/s1. The molecule has 0 aliphatic carbocycles. The second kappa shape index (κ2) is 5.50. The fraction of sp³-hybridized carbons (Fsp3) is 0.875. The van der Waals surface area contributed by atoms with Crippen LogP contribution in [0.25, 0.3) is 0 Å². The quantitative estimate of drug-likeness (QED) is 0.374. The van der Waals surface area contributed by atoms with E-state index >= 15 is 0 Å². The van der Waals surface area contributed by atoms with Gasteiger partial charge in [-0.05, 0) is 0 Å². The summed E-state index contributed by atoms with van der Waals surface area (Å²) >= 11 is 0. The Hall–Kier alpha value is -0.570. The Labute approximate surface area is 85.9 Å². The number of aldehydes is 1. The summed E-state index contributed by atoms with van der Waals surface area (Å²) in [6, 6.07) is 0. The molecule has 1 saturated heterocycles. The van der Waals surface area contributed by atoms with Gasteiger partial charge in [-0.3, -0.25) is 0 Å². The summed E-state index contributed by atoms with van der Waals surface area (Å²) < 4.78 is 9.71. The van der Waals surface area contributed by atoms with Crippen LogP contribution in [-0.4, -0.2) is 70.6 Å². The highest BCUT2D eigenvalue weighted by Gasteiger charge is 2.43. The Morgan fingerprint density at radius 2 is 1.87 bits per heavy atom. The summed E-state index contributed by atoms with van der Waals surface area (Å²) in [6.45, 7) is -0.825. The number of carbonyl (C=O) groups excluding carboxylic acids is 1. The van der Waals surface area contributed by atoms with Gasteiger partial charge < -0.3 is 34.7 Å². The third kappa shape index (κ3) is 2.71. The predicted octanol–water partition coefficient (Wildman–Crippen LogP) is -3.00. The Bertz CT molecular complexity index is 207. The minimum absolute atomic E-state index is 0.303. The number of ether oxygens (including phenoxy) is 2. The van der Waals surface area contributed by atoms with Gasteiger partial charge in [-0.15, -0.1) is 0 Å². The second-order valence-electron chi connectivity index (χ2n) is 3.20. The molecule has 4 N–H and O–H groups in total. The van der Waals surface area contributed by atoms with Crippen LogP contribution in [0, 0.1) is 0 Å². The van der Waals surface area contributed by atoms with Crippen molar-refractivity contribution in [2.45, 2.75) is 30.7 Å². The minimum atomic E-state index is -1.48. The van der Waals surface area contributed by atoms with Crippen molar-refractivity contribution in [2.24, 2.45) is 0 Å². The minimum Gasteiger partial charge on any atom is -0.394 e. The maximum absolute atomic E-state index is 10.0. The van der Waals surface area contributed by atoms with Gasteiger partial charge in [-0.25, -0.2) is 0 Å². The molecule has 7 nitrogen and oxygen atoms in total. The number of aliphatic hydroxyl groups is 4. The van der Waals surface area contributed by atoms with Crippen molar-refractivity contribution in [2.75, 3.05) is 13.2 Å². The van der Waals surface area contributed by atoms with Crippen molar-refractivity contribution in [1.29, 1.82) is 0 Å². The summed E-state index contributed by atoms with van der Waals surface area (Å²) in [5.41, 5.74) is 0. The van der Waals surface area contributed by atoms with E-state index in [0.717, 1.165) is 0 Å². The Balaban J connectivity index is 2.60. The van der Waals surface area contributed by atoms with Crippen molar-refractivity contribution in [3.05, 3.63) is 0 Å². The number of aliphatic hydroxyl groups excluding tert-OH is 4. The first-order valence-electron chi connectivity index (χ1n) is 4.47. The molecule has 7 heteroatoms. The zero-order valence-electron chi connectivity index (χ0n) is 7.89. The van der Waals surface area contributed by atoms with Crippen LogP contribution in [0.4, 0.5) is 0 Å². The smallest absolute Gasteiger partial charge is 0.187 e. The second-order valence-corrected chi connectivity index (χ2v) is 3.20. The molecule has 0 bridgehead atoms. The highest BCUT2D eigenvalue weighted by molar-refractivity contribution is 5.50. The van der Waals surface area contributed by atoms with E-state index in [-0.39, 0.29) is 6.61 Å². The van der Waals surface area contributed by atoms with Gasteiger partial charge in [0.25, 0.3) is 0 Å². The van der Waals surface area contributed by atoms with Gasteiger partial charge in [-0.2, -0.15) is 0 Å². The van der Waals surface area contributed by atoms with Crippen molar-refractivity contribution in [3.8, 4) is 0 Å². The van der Waals surface area contributed by atoms with Crippen LogP contribution in [-0.2, 0) is 14.3 Å². The molecule has 0 aromatic carbocycles. The molecule has 0 saturated carbocycles. The number of hydrogen-bond acceptors (Lipinski definition) is 7. The lowest BCUT2D eigenvalue weighted by Crippen LogP contribution is -2.59. The molecule has 1 heterocycles. The van der Waals surface area contributed by atoms with Crippen LogP contribution >= 0.6 is 0 Å². The molecule has 1 fully saturated rings. The molecular formula is C8H14O7. The average molecular weight is 222 g/mol. The van der Waals surface area contributed by atoms with Gasteiger partial charge in [0, 0.05) is 0 Å². The van der Waals surface area contributed by atoms with Crippen LogP contribution in [0.3, 0.4) is 0 Å². The normalized spacial score (nSPS) is 41.5. The van der Waals surface area contributed by atoms with Gasteiger partial charge >= 0.3 is 0 Å². The zero-order chi connectivity index (χ0) is 11.4. The van der Waals surface area contributed by atoms with Crippen LogP contribution in [0.1, 0.15) is 0 Å². The third-order valence-electron chi connectivity index (χ3n) is 2.18. The lowest BCUT2D eigenvalue weighted by Gasteiger charge is -2.39. The molecule has 88 valence electrons. The maximum Gasteiger partial charge on any atom is 0.187 e. The molecule has 5 atom stereocenters. The van der Waals surface area contributed by atoms with E-state index in [0.29, 0.717) is 6.29 Å². The largest absolute Gasteiger partial charge is 0.394 e. The topological polar surface area (TPSA) is 116 Å². The monoisotopic (exact) mass is 222 g/mol. The van der Waals surface area contributed by atoms with Gasteiger partial charge in [0.15, 0.2) is 6.29 Å². The molecule has 0 radical (unpaired) electrons. The van der Waals surface area contributed by atoms with E-state index in [2.05, 4.69) is 0 Å². The summed E-state index contributed by atoms with van der Waals surface area (Å²) in [5.74, 6) is 0. The lowest BCUT2D eigenvalue weighted by molar-refractivity contribution is -0.298. The Morgan fingerprint density at radius 3 is 2.40 bits per heavy atom. The van der Waals surface area contributed by atoms with E-state index < -0.39 is 37.3 Å². The van der Waals surface area contributed by atoms with E-state index in [4.69, 9.17) is 14.6 Å². The fourth-order valence-corrected chi connectivity index (χ4v) is 1.34. The first-order valence-corrected chi connectivity index (χ1v) is 4.47. The van der Waals surface area contributed by atoms with Gasteiger partial charge in [-0.1, -0.05) is 0 Å². The molecule has 1 aliphatic heterocycles. The van der Waals surface area contributed by atoms with E-state index in [9.17, 15) is 20.1 Å². The highest BCUT2D eigenvalue weighted by Crippen LogP contribution is 2.21. The van der Waals surface area contributed by atoms with E-state index in [1.165, 1.54) is 0 Å². The molecule has 0 amide bonds.